The average Bonchev–Trinajstić information content (AvgIpc) is 3.02. The lowest BCUT2D eigenvalue weighted by atomic mass is 9.67. The fraction of sp³-hybridized carbons (Fsp3) is 0.692. The first-order valence-electron chi connectivity index (χ1n) is 6.66. The first-order valence-corrected chi connectivity index (χ1v) is 6.66. The van der Waals surface area contributed by atoms with Crippen LogP contribution in [0.3, 0.4) is 0 Å². The molecule has 1 saturated heterocycles. The highest BCUT2D eigenvalue weighted by Crippen LogP contribution is 2.43. The lowest BCUT2D eigenvalue weighted by Crippen LogP contribution is -2.62. The molecule has 2 N–H and O–H groups in total. The molecule has 1 saturated carbocycles. The van der Waals surface area contributed by atoms with E-state index in [0.29, 0.717) is 18.9 Å². The number of hydrogen-bond acceptors (Lipinski definition) is 4. The summed E-state index contributed by atoms with van der Waals surface area (Å²) in [4.78, 5) is 18.9. The summed E-state index contributed by atoms with van der Waals surface area (Å²) >= 11 is 0. The molecule has 19 heavy (non-hydrogen) atoms. The monoisotopic (exact) mass is 265 g/mol. The number of carbonyl (C=O) groups is 1. The van der Waals surface area contributed by atoms with E-state index in [1.807, 2.05) is 0 Å². The largest absolute Gasteiger partial charge is 0.384 e. The first-order chi connectivity index (χ1) is 9.29. The third kappa shape index (κ3) is 2.37. The van der Waals surface area contributed by atoms with Gasteiger partial charge in [-0.25, -0.2) is 4.98 Å². The molecule has 0 radical (unpaired) electrons. The van der Waals surface area contributed by atoms with E-state index in [2.05, 4.69) is 15.3 Å². The number of fused-ring (bicyclic) bond motifs is 1. The Kier molecular flexibility index (Phi) is 3.52. The van der Waals surface area contributed by atoms with Gasteiger partial charge >= 0.3 is 0 Å². The first kappa shape index (κ1) is 12.6. The number of aromatic amines is 1. The van der Waals surface area contributed by atoms with Crippen molar-refractivity contribution < 1.29 is 14.3 Å². The van der Waals surface area contributed by atoms with E-state index in [9.17, 15) is 4.79 Å². The van der Waals surface area contributed by atoms with Gasteiger partial charge < -0.3 is 19.8 Å². The molecular weight excluding hydrogens is 246 g/mol. The predicted octanol–water partition coefficient (Wildman–Crippen LogP) is 0.118. The van der Waals surface area contributed by atoms with Crippen molar-refractivity contribution in [3.8, 4) is 0 Å². The minimum atomic E-state index is 0.0284. The Morgan fingerprint density at radius 2 is 2.58 bits per heavy atom. The molecule has 104 valence electrons. The number of amides is 1. The van der Waals surface area contributed by atoms with Gasteiger partial charge in [0.1, 0.15) is 0 Å². The molecule has 1 amide bonds. The SMILES string of the molecule is COC[C@@H]1[C@@H](NC(=O)Cc2cnc[nH]2)[C@@H]2CCO[C@H]12. The molecule has 0 aromatic carbocycles. The number of nitrogens with one attached hydrogen (secondary N) is 2. The van der Waals surface area contributed by atoms with Crippen molar-refractivity contribution in [2.45, 2.75) is 25.0 Å². The van der Waals surface area contributed by atoms with Crippen LogP contribution in [0.2, 0.25) is 0 Å². The summed E-state index contributed by atoms with van der Waals surface area (Å²) in [7, 11) is 1.69. The molecule has 1 aromatic rings. The lowest BCUT2D eigenvalue weighted by Gasteiger charge is -2.47. The van der Waals surface area contributed by atoms with Crippen LogP contribution in [0.4, 0.5) is 0 Å². The molecule has 0 bridgehead atoms. The summed E-state index contributed by atoms with van der Waals surface area (Å²) < 4.78 is 10.9. The van der Waals surface area contributed by atoms with E-state index in [1.54, 1.807) is 19.6 Å². The summed E-state index contributed by atoms with van der Waals surface area (Å²) in [6.45, 7) is 1.43. The summed E-state index contributed by atoms with van der Waals surface area (Å²) in [6.07, 6.45) is 4.89. The van der Waals surface area contributed by atoms with E-state index in [4.69, 9.17) is 9.47 Å². The molecule has 0 spiro atoms. The van der Waals surface area contributed by atoms with Gasteiger partial charge in [0, 0.05) is 43.5 Å². The maximum Gasteiger partial charge on any atom is 0.226 e. The maximum absolute atomic E-state index is 12.0. The topological polar surface area (TPSA) is 76.2 Å². The van der Waals surface area contributed by atoms with Crippen molar-refractivity contribution >= 4 is 5.91 Å². The molecule has 4 atom stereocenters. The highest BCUT2D eigenvalue weighted by atomic mass is 16.5. The zero-order chi connectivity index (χ0) is 13.2. The number of imidazole rings is 1. The number of aromatic nitrogens is 2. The predicted molar refractivity (Wildman–Crippen MR) is 67.4 cm³/mol. The quantitative estimate of drug-likeness (QED) is 0.793. The van der Waals surface area contributed by atoms with Crippen LogP contribution < -0.4 is 5.32 Å². The van der Waals surface area contributed by atoms with E-state index < -0.39 is 0 Å². The number of ether oxygens (including phenoxy) is 2. The van der Waals surface area contributed by atoms with Crippen molar-refractivity contribution in [1.29, 1.82) is 0 Å². The lowest BCUT2D eigenvalue weighted by molar-refractivity contribution is -0.129. The normalized spacial score (nSPS) is 32.7. The minimum absolute atomic E-state index is 0.0284. The molecule has 1 aliphatic heterocycles. The Morgan fingerprint density at radius 3 is 3.32 bits per heavy atom. The fourth-order valence-electron chi connectivity index (χ4n) is 3.23. The molecule has 2 heterocycles. The van der Waals surface area contributed by atoms with Crippen molar-refractivity contribution in [2.75, 3.05) is 20.3 Å². The maximum atomic E-state index is 12.0. The molecule has 6 nitrogen and oxygen atoms in total. The Labute approximate surface area is 111 Å². The molecule has 0 unspecified atom stereocenters. The van der Waals surface area contributed by atoms with Gasteiger partial charge in [0.2, 0.25) is 5.91 Å². The van der Waals surface area contributed by atoms with Crippen molar-refractivity contribution in [3.05, 3.63) is 18.2 Å². The van der Waals surface area contributed by atoms with E-state index >= 15 is 0 Å². The second-order valence-corrected chi connectivity index (χ2v) is 5.25. The van der Waals surface area contributed by atoms with Crippen LogP contribution in [0, 0.1) is 11.8 Å². The number of methoxy groups -OCH3 is 1. The zero-order valence-electron chi connectivity index (χ0n) is 11.0. The van der Waals surface area contributed by atoms with Crippen molar-refractivity contribution in [1.82, 2.24) is 15.3 Å². The Hall–Kier alpha value is -1.40. The highest BCUT2D eigenvalue weighted by Gasteiger charge is 2.54. The van der Waals surface area contributed by atoms with Gasteiger partial charge in [-0.05, 0) is 6.42 Å². The van der Waals surface area contributed by atoms with Crippen LogP contribution >= 0.6 is 0 Å². The van der Waals surface area contributed by atoms with Crippen molar-refractivity contribution in [2.24, 2.45) is 11.8 Å². The van der Waals surface area contributed by atoms with Gasteiger partial charge in [-0.15, -0.1) is 0 Å². The number of nitrogens with zero attached hydrogens (tertiary/aromatic N) is 1. The third-order valence-electron chi connectivity index (χ3n) is 4.12. The van der Waals surface area contributed by atoms with Gasteiger partial charge in [-0.2, -0.15) is 0 Å². The molecule has 2 aliphatic rings. The Bertz CT molecular complexity index is 434. The molecule has 1 aromatic heterocycles. The number of H-pyrrole nitrogens is 1. The van der Waals surface area contributed by atoms with Crippen LogP contribution in [-0.2, 0) is 20.7 Å². The number of hydrogen-bond donors (Lipinski definition) is 2. The van der Waals surface area contributed by atoms with E-state index in [-0.39, 0.29) is 24.0 Å². The van der Waals surface area contributed by atoms with E-state index in [1.165, 1.54) is 0 Å². The third-order valence-corrected chi connectivity index (χ3v) is 4.12. The summed E-state index contributed by atoms with van der Waals surface area (Å²) in [6, 6.07) is 0.183. The second kappa shape index (κ2) is 5.30. The fourth-order valence-corrected chi connectivity index (χ4v) is 3.23. The van der Waals surface area contributed by atoms with E-state index in [0.717, 1.165) is 18.7 Å². The van der Waals surface area contributed by atoms with Gasteiger partial charge in [0.15, 0.2) is 0 Å². The standard InChI is InChI=1S/C13H19N3O3/c1-18-6-10-12(9-2-3-19-13(9)10)16-11(17)4-8-5-14-7-15-8/h5,7,9-10,12-13H,2-4,6H2,1H3,(H,14,15)(H,16,17)/t9-,10+,12-,13-/m0/s1. The highest BCUT2D eigenvalue weighted by molar-refractivity contribution is 5.78. The molecular formula is C13H19N3O3. The van der Waals surface area contributed by atoms with Gasteiger partial charge in [0.05, 0.1) is 25.5 Å². The van der Waals surface area contributed by atoms with Crippen LogP contribution in [0.1, 0.15) is 12.1 Å². The van der Waals surface area contributed by atoms with Gasteiger partial charge in [0.25, 0.3) is 0 Å². The second-order valence-electron chi connectivity index (χ2n) is 5.25. The van der Waals surface area contributed by atoms with Crippen LogP contribution in [0.25, 0.3) is 0 Å². The summed E-state index contributed by atoms with van der Waals surface area (Å²) in [5.41, 5.74) is 0.833. The molecule has 6 heteroatoms. The number of carbonyl (C=O) groups excluding carboxylic acids is 1. The molecule has 1 aliphatic carbocycles. The van der Waals surface area contributed by atoms with Gasteiger partial charge in [-0.1, -0.05) is 0 Å². The minimum Gasteiger partial charge on any atom is -0.384 e. The molecule has 2 fully saturated rings. The molecule has 3 rings (SSSR count). The van der Waals surface area contributed by atoms with Crippen LogP contribution in [0.15, 0.2) is 12.5 Å². The average molecular weight is 265 g/mol. The summed E-state index contributed by atoms with van der Waals surface area (Å²) in [5.74, 6) is 0.759. The zero-order valence-corrected chi connectivity index (χ0v) is 11.0. The number of rotatable bonds is 5. The van der Waals surface area contributed by atoms with Crippen molar-refractivity contribution in [3.63, 3.8) is 0 Å². The Morgan fingerprint density at radius 1 is 1.68 bits per heavy atom. The van der Waals surface area contributed by atoms with Crippen LogP contribution in [-0.4, -0.2) is 48.3 Å². The summed E-state index contributed by atoms with van der Waals surface area (Å²) in [5, 5.41) is 3.11. The smallest absolute Gasteiger partial charge is 0.226 e. The van der Waals surface area contributed by atoms with Crippen LogP contribution in [0.5, 0.6) is 0 Å². The van der Waals surface area contributed by atoms with Gasteiger partial charge in [-0.3, -0.25) is 4.79 Å². The Balaban J connectivity index is 1.57.